The van der Waals surface area contributed by atoms with Crippen LogP contribution in [-0.2, 0) is 4.79 Å². The number of nitrogens with zero attached hydrogens (tertiary/aromatic N) is 1. The van der Waals surface area contributed by atoms with E-state index in [1.807, 2.05) is 12.1 Å². The van der Waals surface area contributed by atoms with Crippen LogP contribution in [0.5, 0.6) is 5.75 Å². The molecule has 5 nitrogen and oxygen atoms in total. The van der Waals surface area contributed by atoms with Crippen molar-refractivity contribution in [3.05, 3.63) is 18.3 Å². The predicted molar refractivity (Wildman–Crippen MR) is 88.3 cm³/mol. The van der Waals surface area contributed by atoms with E-state index in [9.17, 15) is 9.90 Å². The van der Waals surface area contributed by atoms with Gasteiger partial charge in [-0.2, -0.15) is 0 Å². The maximum atomic E-state index is 12.3. The summed E-state index contributed by atoms with van der Waals surface area (Å²) in [5.41, 5.74) is 0. The smallest absolute Gasteiger partial charge is 0.231 e. The summed E-state index contributed by atoms with van der Waals surface area (Å²) in [5.74, 6) is 1.20. The number of carbonyl (C=O) groups is 1. The largest absolute Gasteiger partial charge is 0.489 e. The van der Waals surface area contributed by atoms with Gasteiger partial charge >= 0.3 is 0 Å². The van der Waals surface area contributed by atoms with E-state index in [1.165, 1.54) is 32.1 Å². The van der Waals surface area contributed by atoms with Crippen LogP contribution in [0, 0.1) is 11.8 Å². The Morgan fingerprint density at radius 3 is 2.78 bits per heavy atom. The van der Waals surface area contributed by atoms with Crippen LogP contribution in [0.3, 0.4) is 0 Å². The van der Waals surface area contributed by atoms with Crippen LogP contribution in [0.4, 0.5) is 5.82 Å². The van der Waals surface area contributed by atoms with Crippen LogP contribution < -0.4 is 10.1 Å². The third kappa shape index (κ3) is 4.22. The lowest BCUT2D eigenvalue weighted by atomic mass is 9.90. The summed E-state index contributed by atoms with van der Waals surface area (Å²) in [7, 11) is 0. The van der Waals surface area contributed by atoms with Crippen molar-refractivity contribution in [2.24, 2.45) is 11.8 Å². The molecule has 0 aromatic carbocycles. The molecule has 5 heteroatoms. The highest BCUT2D eigenvalue weighted by Crippen LogP contribution is 2.29. The van der Waals surface area contributed by atoms with Crippen LogP contribution in [0.1, 0.15) is 51.4 Å². The van der Waals surface area contributed by atoms with Crippen molar-refractivity contribution < 1.29 is 14.6 Å². The molecular formula is C18H26N2O3. The first-order chi connectivity index (χ1) is 11.2. The summed E-state index contributed by atoms with van der Waals surface area (Å²) < 4.78 is 5.93. The van der Waals surface area contributed by atoms with Crippen LogP contribution >= 0.6 is 0 Å². The topological polar surface area (TPSA) is 71.5 Å². The third-order valence-corrected chi connectivity index (χ3v) is 5.03. The van der Waals surface area contributed by atoms with E-state index in [4.69, 9.17) is 4.74 Å². The van der Waals surface area contributed by atoms with Gasteiger partial charge in [0.1, 0.15) is 0 Å². The molecular weight excluding hydrogens is 292 g/mol. The second-order valence-corrected chi connectivity index (χ2v) is 6.76. The molecule has 2 fully saturated rings. The van der Waals surface area contributed by atoms with Crippen molar-refractivity contribution in [1.82, 2.24) is 4.98 Å². The zero-order valence-corrected chi connectivity index (χ0v) is 13.5. The summed E-state index contributed by atoms with van der Waals surface area (Å²) in [4.78, 5) is 16.6. The molecule has 1 aromatic heterocycles. The average molecular weight is 318 g/mol. The number of anilines is 1. The Hall–Kier alpha value is -1.62. The van der Waals surface area contributed by atoms with Crippen molar-refractivity contribution >= 4 is 11.7 Å². The maximum absolute atomic E-state index is 12.3. The molecule has 2 aliphatic rings. The van der Waals surface area contributed by atoms with Gasteiger partial charge in [-0.25, -0.2) is 4.98 Å². The Balaban J connectivity index is 1.59. The third-order valence-electron chi connectivity index (χ3n) is 5.03. The fraction of sp³-hybridized carbons (Fsp3) is 0.667. The number of pyridine rings is 1. The lowest BCUT2D eigenvalue weighted by Gasteiger charge is -2.22. The summed E-state index contributed by atoms with van der Waals surface area (Å²) in [5, 5.41) is 12.7. The molecule has 126 valence electrons. The fourth-order valence-electron chi connectivity index (χ4n) is 3.62. The van der Waals surface area contributed by atoms with Gasteiger partial charge in [0.05, 0.1) is 18.6 Å². The number of carbonyl (C=O) groups excluding carboxylic acids is 1. The highest BCUT2D eigenvalue weighted by Gasteiger charge is 2.32. The van der Waals surface area contributed by atoms with Gasteiger partial charge in [0.25, 0.3) is 0 Å². The van der Waals surface area contributed by atoms with E-state index in [2.05, 4.69) is 10.3 Å². The molecule has 2 atom stereocenters. The van der Waals surface area contributed by atoms with E-state index < -0.39 is 6.10 Å². The molecule has 2 saturated carbocycles. The zero-order valence-electron chi connectivity index (χ0n) is 13.5. The molecule has 1 heterocycles. The maximum Gasteiger partial charge on any atom is 0.231 e. The molecule has 1 aromatic rings. The van der Waals surface area contributed by atoms with E-state index in [1.54, 1.807) is 6.20 Å². The average Bonchev–Trinajstić information content (AvgIpc) is 3.01. The van der Waals surface area contributed by atoms with Crippen molar-refractivity contribution in [2.75, 3.05) is 11.9 Å². The Bertz CT molecular complexity index is 529. The SMILES string of the molecule is O=C(Nc1ncccc1OCC1CCCCC1)C1CCCC1O. The number of nitrogens with one attached hydrogen (secondary N) is 1. The van der Waals surface area contributed by atoms with Gasteiger partial charge < -0.3 is 15.2 Å². The molecule has 2 aliphatic carbocycles. The standard InChI is InChI=1S/C18H26N2O3/c21-15-9-4-8-14(15)18(22)20-17-16(10-5-11-19-17)23-12-13-6-2-1-3-7-13/h5,10-11,13-15,21H,1-4,6-9,12H2,(H,19,20,22). The molecule has 0 saturated heterocycles. The Kier molecular flexibility index (Phi) is 5.49. The van der Waals surface area contributed by atoms with E-state index in [0.717, 1.165) is 12.8 Å². The molecule has 0 spiro atoms. The fourth-order valence-corrected chi connectivity index (χ4v) is 3.62. The number of hydrogen-bond acceptors (Lipinski definition) is 4. The minimum Gasteiger partial charge on any atom is -0.489 e. The minimum absolute atomic E-state index is 0.156. The summed E-state index contributed by atoms with van der Waals surface area (Å²) in [6.45, 7) is 0.681. The summed E-state index contributed by atoms with van der Waals surface area (Å²) in [6.07, 6.45) is 9.77. The lowest BCUT2D eigenvalue weighted by molar-refractivity contribution is -0.122. The number of rotatable bonds is 5. The Morgan fingerprint density at radius 2 is 2.04 bits per heavy atom. The van der Waals surface area contributed by atoms with Crippen molar-refractivity contribution in [3.63, 3.8) is 0 Å². The quantitative estimate of drug-likeness (QED) is 0.875. The lowest BCUT2D eigenvalue weighted by Crippen LogP contribution is -2.29. The molecule has 0 radical (unpaired) electrons. The number of ether oxygens (including phenoxy) is 1. The first-order valence-electron chi connectivity index (χ1n) is 8.81. The summed E-state index contributed by atoms with van der Waals surface area (Å²) >= 11 is 0. The van der Waals surface area contributed by atoms with Crippen LogP contribution in [-0.4, -0.2) is 28.7 Å². The Labute approximate surface area is 137 Å². The van der Waals surface area contributed by atoms with Gasteiger partial charge in [0.15, 0.2) is 11.6 Å². The normalized spacial score (nSPS) is 25.3. The second kappa shape index (κ2) is 7.77. The van der Waals surface area contributed by atoms with Gasteiger partial charge in [0, 0.05) is 6.20 Å². The molecule has 3 rings (SSSR count). The van der Waals surface area contributed by atoms with Gasteiger partial charge in [0.2, 0.25) is 5.91 Å². The number of aromatic nitrogens is 1. The molecule has 23 heavy (non-hydrogen) atoms. The second-order valence-electron chi connectivity index (χ2n) is 6.76. The number of hydrogen-bond donors (Lipinski definition) is 2. The molecule has 0 bridgehead atoms. The van der Waals surface area contributed by atoms with Gasteiger partial charge in [-0.3, -0.25) is 4.79 Å². The van der Waals surface area contributed by atoms with Crippen molar-refractivity contribution in [2.45, 2.75) is 57.5 Å². The number of aliphatic hydroxyl groups excluding tert-OH is 1. The monoisotopic (exact) mass is 318 g/mol. The van der Waals surface area contributed by atoms with Crippen molar-refractivity contribution in [3.8, 4) is 5.75 Å². The minimum atomic E-state index is -0.537. The van der Waals surface area contributed by atoms with Gasteiger partial charge in [-0.15, -0.1) is 0 Å². The molecule has 2 N–H and O–H groups in total. The molecule has 1 amide bonds. The number of aliphatic hydroxyl groups is 1. The van der Waals surface area contributed by atoms with Crippen LogP contribution in [0.15, 0.2) is 18.3 Å². The van der Waals surface area contributed by atoms with Gasteiger partial charge in [-0.05, 0) is 50.2 Å². The highest BCUT2D eigenvalue weighted by atomic mass is 16.5. The van der Waals surface area contributed by atoms with Crippen LogP contribution in [0.2, 0.25) is 0 Å². The first-order valence-corrected chi connectivity index (χ1v) is 8.81. The van der Waals surface area contributed by atoms with Gasteiger partial charge in [-0.1, -0.05) is 19.3 Å². The highest BCUT2D eigenvalue weighted by molar-refractivity contribution is 5.93. The van der Waals surface area contributed by atoms with E-state index >= 15 is 0 Å². The summed E-state index contributed by atoms with van der Waals surface area (Å²) in [6, 6.07) is 3.66. The van der Waals surface area contributed by atoms with Crippen LogP contribution in [0.25, 0.3) is 0 Å². The predicted octanol–water partition coefficient (Wildman–Crippen LogP) is 3.14. The first kappa shape index (κ1) is 16.2. The van der Waals surface area contributed by atoms with E-state index in [0.29, 0.717) is 30.5 Å². The Morgan fingerprint density at radius 1 is 1.22 bits per heavy atom. The molecule has 0 aliphatic heterocycles. The van der Waals surface area contributed by atoms with E-state index in [-0.39, 0.29) is 11.8 Å². The zero-order chi connectivity index (χ0) is 16.1. The molecule has 2 unspecified atom stereocenters. The number of amides is 1. The van der Waals surface area contributed by atoms with Crippen molar-refractivity contribution in [1.29, 1.82) is 0 Å².